The minimum Gasteiger partial charge on any atom is -0.378 e. The molecule has 2 heterocycles. The Bertz CT molecular complexity index is 1010. The first-order valence-corrected chi connectivity index (χ1v) is 10.3. The molecule has 136 valence electrons. The highest BCUT2D eigenvalue weighted by Gasteiger charge is 2.21. The number of aromatic nitrogens is 1. The largest absolute Gasteiger partial charge is 0.378 e. The van der Waals surface area contributed by atoms with Crippen LogP contribution in [0.5, 0.6) is 0 Å². The van der Waals surface area contributed by atoms with E-state index in [1.165, 1.54) is 3.97 Å². The van der Waals surface area contributed by atoms with Gasteiger partial charge in [0, 0.05) is 24.2 Å². The first-order valence-electron chi connectivity index (χ1n) is 8.82. The molecule has 3 aromatic rings. The van der Waals surface area contributed by atoms with Gasteiger partial charge in [-0.15, -0.1) is 0 Å². The molecule has 2 aromatic carbocycles. The van der Waals surface area contributed by atoms with Crippen molar-refractivity contribution >= 4 is 20.9 Å². The molecule has 6 heteroatoms. The molecule has 0 spiro atoms. The molecule has 1 saturated heterocycles. The minimum atomic E-state index is -3.59. The first-order chi connectivity index (χ1) is 12.5. The second-order valence-electron chi connectivity index (χ2n) is 6.80. The van der Waals surface area contributed by atoms with E-state index in [0.29, 0.717) is 12.1 Å². The Morgan fingerprint density at radius 2 is 1.92 bits per heavy atom. The van der Waals surface area contributed by atoms with Crippen molar-refractivity contribution in [1.82, 2.24) is 3.97 Å². The number of benzene rings is 2. The predicted molar refractivity (Wildman–Crippen MR) is 102 cm³/mol. The number of nitrogens with zero attached hydrogens (tertiary/aromatic N) is 1. The van der Waals surface area contributed by atoms with E-state index >= 15 is 0 Å². The van der Waals surface area contributed by atoms with Crippen LogP contribution in [-0.2, 0) is 21.2 Å². The van der Waals surface area contributed by atoms with Crippen LogP contribution < -0.4 is 5.73 Å². The summed E-state index contributed by atoms with van der Waals surface area (Å²) in [7, 11) is -3.59. The van der Waals surface area contributed by atoms with Crippen LogP contribution in [0.25, 0.3) is 10.9 Å². The Hall–Kier alpha value is -2.15. The van der Waals surface area contributed by atoms with Crippen molar-refractivity contribution in [1.29, 1.82) is 0 Å². The second kappa shape index (κ2) is 6.87. The lowest BCUT2D eigenvalue weighted by molar-refractivity contribution is 0.00869. The van der Waals surface area contributed by atoms with E-state index in [2.05, 4.69) is 0 Å². The average Bonchev–Trinajstić information content (AvgIpc) is 3.06. The normalized spacial score (nSPS) is 21.1. The molecule has 2 N–H and O–H groups in total. The molecule has 2 atom stereocenters. The molecule has 1 aliphatic rings. The summed E-state index contributed by atoms with van der Waals surface area (Å²) in [6.07, 6.45) is 4.31. The topological polar surface area (TPSA) is 74.3 Å². The Kier molecular flexibility index (Phi) is 4.56. The quantitative estimate of drug-likeness (QED) is 0.766. The molecule has 4 rings (SSSR count). The van der Waals surface area contributed by atoms with Crippen molar-refractivity contribution in [3.63, 3.8) is 0 Å². The minimum absolute atomic E-state index is 0.131. The maximum absolute atomic E-state index is 12.9. The summed E-state index contributed by atoms with van der Waals surface area (Å²) < 4.78 is 32.9. The van der Waals surface area contributed by atoms with Crippen molar-refractivity contribution < 1.29 is 13.2 Å². The summed E-state index contributed by atoms with van der Waals surface area (Å²) in [5.41, 5.74) is 7.84. The summed E-state index contributed by atoms with van der Waals surface area (Å²) >= 11 is 0. The highest BCUT2D eigenvalue weighted by atomic mass is 32.2. The van der Waals surface area contributed by atoms with Crippen molar-refractivity contribution in [2.45, 2.75) is 36.3 Å². The van der Waals surface area contributed by atoms with E-state index in [0.717, 1.165) is 30.2 Å². The zero-order valence-corrected chi connectivity index (χ0v) is 15.2. The van der Waals surface area contributed by atoms with E-state index in [-0.39, 0.29) is 17.0 Å². The molecular weight excluding hydrogens is 348 g/mol. The lowest BCUT2D eigenvalue weighted by atomic mass is 9.98. The van der Waals surface area contributed by atoms with Crippen molar-refractivity contribution in [3.8, 4) is 0 Å². The van der Waals surface area contributed by atoms with Crippen LogP contribution in [0, 0.1) is 0 Å². The van der Waals surface area contributed by atoms with Crippen LogP contribution in [0.4, 0.5) is 0 Å². The van der Waals surface area contributed by atoms with Gasteiger partial charge in [0.1, 0.15) is 0 Å². The molecule has 2 unspecified atom stereocenters. The van der Waals surface area contributed by atoms with Gasteiger partial charge in [-0.05, 0) is 55.2 Å². The van der Waals surface area contributed by atoms with Gasteiger partial charge in [0.25, 0.3) is 10.0 Å². The van der Waals surface area contributed by atoms with Gasteiger partial charge < -0.3 is 10.5 Å². The van der Waals surface area contributed by atoms with Crippen LogP contribution in [-0.4, -0.2) is 31.1 Å². The fourth-order valence-corrected chi connectivity index (χ4v) is 4.90. The van der Waals surface area contributed by atoms with E-state index in [1.54, 1.807) is 36.5 Å². The highest BCUT2D eigenvalue weighted by Crippen LogP contribution is 2.25. The summed E-state index contributed by atoms with van der Waals surface area (Å²) in [6, 6.07) is 16.4. The number of fused-ring (bicyclic) bond motifs is 1. The predicted octanol–water partition coefficient (Wildman–Crippen LogP) is 2.93. The third-order valence-electron chi connectivity index (χ3n) is 4.89. The summed E-state index contributed by atoms with van der Waals surface area (Å²) in [5.74, 6) is 0. The fourth-order valence-electron chi connectivity index (χ4n) is 3.52. The van der Waals surface area contributed by atoms with Crippen molar-refractivity contribution in [2.24, 2.45) is 5.73 Å². The number of hydrogen-bond donors (Lipinski definition) is 1. The molecule has 26 heavy (non-hydrogen) atoms. The third-order valence-corrected chi connectivity index (χ3v) is 6.59. The maximum atomic E-state index is 12.9. The first kappa shape index (κ1) is 17.3. The third kappa shape index (κ3) is 3.28. The van der Waals surface area contributed by atoms with Crippen molar-refractivity contribution in [3.05, 3.63) is 66.4 Å². The van der Waals surface area contributed by atoms with Crippen molar-refractivity contribution in [2.75, 3.05) is 6.61 Å². The van der Waals surface area contributed by atoms with Gasteiger partial charge in [-0.1, -0.05) is 24.3 Å². The molecule has 0 saturated carbocycles. The SMILES string of the molecule is NC1CCOC(Cc2ccc3c(ccn3S(=O)(=O)c3ccccc3)c2)C1. The van der Waals surface area contributed by atoms with Crippen LogP contribution in [0.1, 0.15) is 18.4 Å². The van der Waals surface area contributed by atoms with E-state index in [4.69, 9.17) is 10.5 Å². The molecule has 0 bridgehead atoms. The number of rotatable bonds is 4. The Balaban J connectivity index is 1.64. The van der Waals surface area contributed by atoms with E-state index < -0.39 is 10.0 Å². The zero-order chi connectivity index (χ0) is 18.1. The number of hydrogen-bond acceptors (Lipinski definition) is 4. The summed E-state index contributed by atoms with van der Waals surface area (Å²) in [5, 5.41) is 0.905. The van der Waals surface area contributed by atoms with Gasteiger partial charge in [0.15, 0.2) is 0 Å². The maximum Gasteiger partial charge on any atom is 0.268 e. The lowest BCUT2D eigenvalue weighted by Crippen LogP contribution is -2.35. The Morgan fingerprint density at radius 1 is 1.12 bits per heavy atom. The van der Waals surface area contributed by atoms with Crippen LogP contribution in [0.2, 0.25) is 0 Å². The summed E-state index contributed by atoms with van der Waals surface area (Å²) in [6.45, 7) is 0.708. The van der Waals surface area contributed by atoms with Crippen LogP contribution >= 0.6 is 0 Å². The van der Waals surface area contributed by atoms with Crippen LogP contribution in [0.15, 0.2) is 65.7 Å². The molecule has 0 amide bonds. The molecular formula is C20H22N2O3S. The molecule has 1 fully saturated rings. The van der Waals surface area contributed by atoms with E-state index in [1.807, 2.05) is 24.3 Å². The molecule has 5 nitrogen and oxygen atoms in total. The average molecular weight is 370 g/mol. The van der Waals surface area contributed by atoms with Gasteiger partial charge >= 0.3 is 0 Å². The number of nitrogens with two attached hydrogens (primary N) is 1. The molecule has 1 aliphatic heterocycles. The van der Waals surface area contributed by atoms with Gasteiger partial charge in [-0.3, -0.25) is 0 Å². The monoisotopic (exact) mass is 370 g/mol. The molecule has 0 aliphatic carbocycles. The lowest BCUT2D eigenvalue weighted by Gasteiger charge is -2.27. The van der Waals surface area contributed by atoms with Crippen LogP contribution in [0.3, 0.4) is 0 Å². The number of ether oxygens (including phenoxy) is 1. The summed E-state index contributed by atoms with van der Waals surface area (Å²) in [4.78, 5) is 0.283. The standard InChI is InChI=1S/C20H22N2O3S/c21-17-9-11-25-18(14-17)13-15-6-7-20-16(12-15)8-10-22(20)26(23,24)19-4-2-1-3-5-19/h1-8,10,12,17-18H,9,11,13-14,21H2. The molecule has 1 aromatic heterocycles. The van der Waals surface area contributed by atoms with Gasteiger partial charge in [-0.25, -0.2) is 12.4 Å². The fraction of sp³-hybridized carbons (Fsp3) is 0.300. The Morgan fingerprint density at radius 3 is 2.69 bits per heavy atom. The zero-order valence-electron chi connectivity index (χ0n) is 14.4. The smallest absolute Gasteiger partial charge is 0.268 e. The van der Waals surface area contributed by atoms with E-state index in [9.17, 15) is 8.42 Å². The Labute approximate surface area is 153 Å². The second-order valence-corrected chi connectivity index (χ2v) is 8.62. The van der Waals surface area contributed by atoms with Gasteiger partial charge in [-0.2, -0.15) is 0 Å². The van der Waals surface area contributed by atoms with Gasteiger partial charge in [0.2, 0.25) is 0 Å². The van der Waals surface area contributed by atoms with Gasteiger partial charge in [0.05, 0.1) is 16.5 Å². The molecule has 0 radical (unpaired) electrons. The highest BCUT2D eigenvalue weighted by molar-refractivity contribution is 7.90.